The Labute approximate surface area is 179 Å². The van der Waals surface area contributed by atoms with Gasteiger partial charge >= 0.3 is 0 Å². The standard InChI is InChI=1S/C16H12N8.C6H12O/c1-23-9-15(21-22-23)12-8-19-14(5-13(12)18)16-3-2-11-4-10(6-17)7-20-24(11)16;7-6-4-2-1-3-5-6/h2-5,7-9H,1H3,(H2,18,19);6-7H,1-5H2. The molecule has 3 N–H and O–H groups in total. The number of fused-ring (bicyclic) bond motifs is 1. The van der Waals surface area contributed by atoms with E-state index in [9.17, 15) is 0 Å². The van der Waals surface area contributed by atoms with Crippen LogP contribution in [-0.2, 0) is 7.05 Å². The first kappa shape index (κ1) is 20.5. The first-order chi connectivity index (χ1) is 15.0. The van der Waals surface area contributed by atoms with Crippen LogP contribution in [0, 0.1) is 11.3 Å². The molecule has 1 aliphatic carbocycles. The maximum atomic E-state index is 8.96. The van der Waals surface area contributed by atoms with Crippen molar-refractivity contribution in [2.75, 3.05) is 5.73 Å². The van der Waals surface area contributed by atoms with Crippen molar-refractivity contribution in [3.63, 3.8) is 0 Å². The lowest BCUT2D eigenvalue weighted by Crippen LogP contribution is -2.09. The molecule has 0 aromatic carbocycles. The second kappa shape index (κ2) is 8.93. The molecule has 158 valence electrons. The summed E-state index contributed by atoms with van der Waals surface area (Å²) in [4.78, 5) is 4.48. The Bertz CT molecular complexity index is 1230. The van der Waals surface area contributed by atoms with Crippen LogP contribution in [0.1, 0.15) is 37.7 Å². The van der Waals surface area contributed by atoms with E-state index in [-0.39, 0.29) is 6.10 Å². The molecule has 0 saturated heterocycles. The summed E-state index contributed by atoms with van der Waals surface area (Å²) in [6.45, 7) is 0. The Balaban J connectivity index is 0.000000282. The van der Waals surface area contributed by atoms with E-state index >= 15 is 0 Å². The fraction of sp³-hybridized carbons (Fsp3) is 0.318. The molecule has 9 nitrogen and oxygen atoms in total. The minimum atomic E-state index is 0.0359. The number of rotatable bonds is 2. The molecular weight excluding hydrogens is 392 g/mol. The van der Waals surface area contributed by atoms with E-state index in [0.717, 1.165) is 29.6 Å². The Kier molecular flexibility index (Phi) is 5.91. The molecule has 31 heavy (non-hydrogen) atoms. The summed E-state index contributed by atoms with van der Waals surface area (Å²) in [5.74, 6) is 0. The van der Waals surface area contributed by atoms with Crippen molar-refractivity contribution < 1.29 is 5.11 Å². The summed E-state index contributed by atoms with van der Waals surface area (Å²) in [5.41, 5.74) is 11.0. The molecule has 9 heteroatoms. The maximum Gasteiger partial charge on any atom is 0.116 e. The number of aliphatic hydroxyl groups excluding tert-OH is 1. The Morgan fingerprint density at radius 2 is 1.94 bits per heavy atom. The Morgan fingerprint density at radius 1 is 1.13 bits per heavy atom. The van der Waals surface area contributed by atoms with Crippen molar-refractivity contribution in [1.29, 1.82) is 5.26 Å². The van der Waals surface area contributed by atoms with Crippen molar-refractivity contribution in [1.82, 2.24) is 29.6 Å². The van der Waals surface area contributed by atoms with Crippen molar-refractivity contribution >= 4 is 11.2 Å². The van der Waals surface area contributed by atoms with Gasteiger partial charge in [-0.3, -0.25) is 9.67 Å². The third-order valence-electron chi connectivity index (χ3n) is 5.28. The largest absolute Gasteiger partial charge is 0.398 e. The highest BCUT2D eigenvalue weighted by Crippen LogP contribution is 2.28. The van der Waals surface area contributed by atoms with E-state index in [1.807, 2.05) is 12.1 Å². The van der Waals surface area contributed by atoms with Gasteiger partial charge in [0.25, 0.3) is 0 Å². The average Bonchev–Trinajstić information content (AvgIpc) is 3.40. The smallest absolute Gasteiger partial charge is 0.116 e. The average molecular weight is 416 g/mol. The molecule has 0 unspecified atom stereocenters. The van der Waals surface area contributed by atoms with E-state index < -0.39 is 0 Å². The molecule has 0 bridgehead atoms. The van der Waals surface area contributed by atoms with Crippen LogP contribution in [0.4, 0.5) is 5.69 Å². The summed E-state index contributed by atoms with van der Waals surface area (Å²) in [6, 6.07) is 9.42. The molecule has 1 saturated carbocycles. The molecular formula is C22H24N8O. The summed E-state index contributed by atoms with van der Waals surface area (Å²) in [7, 11) is 1.79. The first-order valence-electron chi connectivity index (χ1n) is 10.2. The van der Waals surface area contributed by atoms with Crippen LogP contribution in [0.15, 0.2) is 42.9 Å². The van der Waals surface area contributed by atoms with Crippen molar-refractivity contribution in [2.45, 2.75) is 38.2 Å². The van der Waals surface area contributed by atoms with Gasteiger partial charge in [-0.2, -0.15) is 10.4 Å². The molecule has 4 aromatic rings. The fourth-order valence-electron chi connectivity index (χ4n) is 3.63. The molecule has 5 rings (SSSR count). The van der Waals surface area contributed by atoms with Crippen molar-refractivity contribution in [3.05, 3.63) is 48.4 Å². The zero-order chi connectivity index (χ0) is 21.8. The lowest BCUT2D eigenvalue weighted by Gasteiger charge is -2.14. The molecule has 0 amide bonds. The second-order valence-corrected chi connectivity index (χ2v) is 7.64. The second-order valence-electron chi connectivity index (χ2n) is 7.64. The molecule has 0 radical (unpaired) electrons. The summed E-state index contributed by atoms with van der Waals surface area (Å²) in [6.07, 6.45) is 10.9. The number of aryl methyl sites for hydroxylation is 1. The van der Waals surface area contributed by atoms with Crippen molar-refractivity contribution in [2.24, 2.45) is 7.05 Å². The fourth-order valence-corrected chi connectivity index (χ4v) is 3.63. The predicted octanol–water partition coefficient (Wildman–Crippen LogP) is 2.96. The normalized spacial score (nSPS) is 14.1. The monoisotopic (exact) mass is 416 g/mol. The SMILES string of the molecule is Cn1cc(-c2cnc(-c3ccc4cc(C#N)cnn34)cc2N)nn1.OC1CCCCC1. The zero-order valence-corrected chi connectivity index (χ0v) is 17.3. The number of nitriles is 1. The maximum absolute atomic E-state index is 8.96. The minimum absolute atomic E-state index is 0.0359. The predicted molar refractivity (Wildman–Crippen MR) is 117 cm³/mol. The third-order valence-corrected chi connectivity index (χ3v) is 5.28. The zero-order valence-electron chi connectivity index (χ0n) is 17.3. The number of hydrogen-bond donors (Lipinski definition) is 2. The highest BCUT2D eigenvalue weighted by atomic mass is 16.3. The number of nitrogens with two attached hydrogens (primary N) is 1. The van der Waals surface area contributed by atoms with E-state index in [1.54, 1.807) is 40.8 Å². The Hall–Kier alpha value is -3.77. The van der Waals surface area contributed by atoms with E-state index in [2.05, 4.69) is 26.5 Å². The third kappa shape index (κ3) is 4.54. The molecule has 0 aliphatic heterocycles. The summed E-state index contributed by atoms with van der Waals surface area (Å²) >= 11 is 0. The van der Waals surface area contributed by atoms with Gasteiger partial charge in [0.15, 0.2) is 0 Å². The van der Waals surface area contributed by atoms with Crippen LogP contribution < -0.4 is 5.73 Å². The van der Waals surface area contributed by atoms with Gasteiger partial charge in [0.1, 0.15) is 11.8 Å². The number of pyridine rings is 1. The van der Waals surface area contributed by atoms with Crippen LogP contribution >= 0.6 is 0 Å². The van der Waals surface area contributed by atoms with E-state index in [0.29, 0.717) is 22.6 Å². The van der Waals surface area contributed by atoms with Gasteiger partial charge in [-0.1, -0.05) is 24.5 Å². The van der Waals surface area contributed by atoms with Gasteiger partial charge in [0.05, 0.1) is 41.0 Å². The van der Waals surface area contributed by atoms with Gasteiger partial charge in [0.2, 0.25) is 0 Å². The van der Waals surface area contributed by atoms with Crippen LogP contribution in [0.25, 0.3) is 28.2 Å². The van der Waals surface area contributed by atoms with Crippen LogP contribution in [0.5, 0.6) is 0 Å². The van der Waals surface area contributed by atoms with E-state index in [4.69, 9.17) is 16.1 Å². The highest BCUT2D eigenvalue weighted by molar-refractivity contribution is 5.77. The Morgan fingerprint density at radius 3 is 2.55 bits per heavy atom. The molecule has 0 spiro atoms. The molecule has 1 aliphatic rings. The van der Waals surface area contributed by atoms with Crippen LogP contribution in [0.2, 0.25) is 0 Å². The number of nitrogens with zero attached hydrogens (tertiary/aromatic N) is 7. The molecule has 1 fully saturated rings. The number of hydrogen-bond acceptors (Lipinski definition) is 7. The first-order valence-corrected chi connectivity index (χ1v) is 10.2. The van der Waals surface area contributed by atoms with Gasteiger partial charge in [0, 0.05) is 24.5 Å². The summed E-state index contributed by atoms with van der Waals surface area (Å²) in [5, 5.41) is 30.1. The van der Waals surface area contributed by atoms with Crippen LogP contribution in [0.3, 0.4) is 0 Å². The number of aromatic nitrogens is 6. The van der Waals surface area contributed by atoms with Crippen molar-refractivity contribution in [3.8, 4) is 28.7 Å². The molecule has 0 atom stereocenters. The number of aliphatic hydroxyl groups is 1. The van der Waals surface area contributed by atoms with Gasteiger partial charge in [-0.05, 0) is 37.1 Å². The van der Waals surface area contributed by atoms with E-state index in [1.165, 1.54) is 25.5 Å². The number of anilines is 1. The summed E-state index contributed by atoms with van der Waals surface area (Å²) < 4.78 is 3.34. The highest BCUT2D eigenvalue weighted by Gasteiger charge is 2.12. The lowest BCUT2D eigenvalue weighted by atomic mass is 9.98. The quantitative estimate of drug-likeness (QED) is 0.513. The van der Waals surface area contributed by atoms with Gasteiger partial charge in [-0.25, -0.2) is 4.52 Å². The minimum Gasteiger partial charge on any atom is -0.398 e. The van der Waals surface area contributed by atoms with Gasteiger partial charge < -0.3 is 10.8 Å². The lowest BCUT2D eigenvalue weighted by molar-refractivity contribution is 0.130. The number of nitrogen functional groups attached to an aromatic ring is 1. The van der Waals surface area contributed by atoms with Gasteiger partial charge in [-0.15, -0.1) is 5.10 Å². The van der Waals surface area contributed by atoms with Crippen LogP contribution in [-0.4, -0.2) is 40.8 Å². The molecule has 4 aromatic heterocycles. The molecule has 4 heterocycles. The topological polar surface area (TPSA) is 131 Å².